The highest BCUT2D eigenvalue weighted by Gasteiger charge is 2.28. The van der Waals surface area contributed by atoms with E-state index in [0.717, 1.165) is 22.3 Å². The number of aliphatic imine (C=N–C) groups is 1. The summed E-state index contributed by atoms with van der Waals surface area (Å²) >= 11 is 6.14. The number of halogens is 1. The maximum Gasteiger partial charge on any atom is 0.308 e. The van der Waals surface area contributed by atoms with Crippen molar-refractivity contribution in [2.45, 2.75) is 39.3 Å². The second-order valence-electron chi connectivity index (χ2n) is 8.40. The molecular weight excluding hydrogens is 452 g/mol. The minimum Gasteiger partial charge on any atom is -0.497 e. The van der Waals surface area contributed by atoms with E-state index in [2.05, 4.69) is 0 Å². The van der Waals surface area contributed by atoms with Crippen LogP contribution in [0.4, 0.5) is 0 Å². The van der Waals surface area contributed by atoms with Crippen molar-refractivity contribution in [3.8, 4) is 16.9 Å². The lowest BCUT2D eigenvalue weighted by Gasteiger charge is -2.18. The zero-order chi connectivity index (χ0) is 24.4. The molecule has 0 spiro atoms. The summed E-state index contributed by atoms with van der Waals surface area (Å²) in [4.78, 5) is 30.5. The van der Waals surface area contributed by atoms with Crippen LogP contribution in [0.2, 0.25) is 5.02 Å². The lowest BCUT2D eigenvalue weighted by molar-refractivity contribution is -0.143. The highest BCUT2D eigenvalue weighted by Crippen LogP contribution is 2.40. The first kappa shape index (κ1) is 23.8. The van der Waals surface area contributed by atoms with E-state index in [9.17, 15) is 9.59 Å². The molecule has 0 N–H and O–H groups in total. The number of benzene rings is 2. The maximum absolute atomic E-state index is 13.0. The molecule has 3 aromatic rings. The second-order valence-corrected chi connectivity index (χ2v) is 8.84. The Bertz CT molecular complexity index is 1310. The lowest BCUT2D eigenvalue weighted by Crippen LogP contribution is -2.23. The molecule has 0 fully saturated rings. The van der Waals surface area contributed by atoms with Crippen LogP contribution in [-0.2, 0) is 9.53 Å². The van der Waals surface area contributed by atoms with E-state index in [1.54, 1.807) is 36.8 Å². The first-order chi connectivity index (χ1) is 16.3. The van der Waals surface area contributed by atoms with Crippen molar-refractivity contribution in [1.82, 2.24) is 4.57 Å². The van der Waals surface area contributed by atoms with Crippen molar-refractivity contribution < 1.29 is 14.3 Å². The molecule has 7 heteroatoms. The third-order valence-corrected chi connectivity index (χ3v) is 6.12. The molecular formula is C27H27ClN2O4. The number of carbonyl (C=O) groups excluding carboxylic acids is 1. The molecule has 176 valence electrons. The van der Waals surface area contributed by atoms with Gasteiger partial charge in [0.2, 0.25) is 0 Å². The van der Waals surface area contributed by atoms with Gasteiger partial charge < -0.3 is 14.0 Å². The van der Waals surface area contributed by atoms with Crippen LogP contribution in [0.3, 0.4) is 0 Å². The Kier molecular flexibility index (Phi) is 6.89. The summed E-state index contributed by atoms with van der Waals surface area (Å²) < 4.78 is 12.4. The van der Waals surface area contributed by atoms with E-state index in [0.29, 0.717) is 22.0 Å². The van der Waals surface area contributed by atoms with Gasteiger partial charge in [-0.05, 0) is 62.2 Å². The second kappa shape index (κ2) is 9.85. The lowest BCUT2D eigenvalue weighted by atomic mass is 9.91. The van der Waals surface area contributed by atoms with Gasteiger partial charge in [0.15, 0.2) is 0 Å². The fraction of sp³-hybridized carbons (Fsp3) is 0.296. The number of hydrogen-bond donors (Lipinski definition) is 0. The van der Waals surface area contributed by atoms with E-state index in [1.165, 1.54) is 0 Å². The minimum absolute atomic E-state index is 0.0220. The summed E-state index contributed by atoms with van der Waals surface area (Å²) in [6, 6.07) is 14.2. The molecule has 0 saturated carbocycles. The van der Waals surface area contributed by atoms with E-state index in [1.807, 2.05) is 50.4 Å². The van der Waals surface area contributed by atoms with Crippen LogP contribution in [0.25, 0.3) is 11.1 Å². The number of fused-ring (bicyclic) bond motifs is 3. The molecule has 1 aliphatic heterocycles. The van der Waals surface area contributed by atoms with Crippen molar-refractivity contribution in [3.05, 3.63) is 86.8 Å². The standard InChI is InChI=1S/C27H27ClN2O4/c1-5-34-26(32)14-24-21-13-25(31)30(16(2)3)15-23(21)20-11-10-19(33-4)12-22(20)27(29-24)17-6-8-18(28)9-7-17/h6-13,15-16,24H,5,14H2,1-4H3. The molecule has 0 radical (unpaired) electrons. The SMILES string of the molecule is CCOC(=O)CC1N=C(c2ccc(Cl)cc2)c2cc(OC)ccc2-c2cn(C(C)C)c(=O)cc21. The summed E-state index contributed by atoms with van der Waals surface area (Å²) in [5.41, 5.74) is 4.72. The number of methoxy groups -OCH3 is 1. The molecule has 1 aliphatic rings. The smallest absolute Gasteiger partial charge is 0.308 e. The Labute approximate surface area is 203 Å². The van der Waals surface area contributed by atoms with Gasteiger partial charge in [0.25, 0.3) is 5.56 Å². The van der Waals surface area contributed by atoms with Gasteiger partial charge in [-0.3, -0.25) is 14.6 Å². The number of nitrogens with zero attached hydrogens (tertiary/aromatic N) is 2. The first-order valence-electron chi connectivity index (χ1n) is 11.3. The van der Waals surface area contributed by atoms with Crippen LogP contribution in [0.15, 0.2) is 64.5 Å². The van der Waals surface area contributed by atoms with Crippen LogP contribution < -0.4 is 10.3 Å². The highest BCUT2D eigenvalue weighted by atomic mass is 35.5. The predicted molar refractivity (Wildman–Crippen MR) is 134 cm³/mol. The fourth-order valence-electron chi connectivity index (χ4n) is 4.21. The van der Waals surface area contributed by atoms with Gasteiger partial charge in [-0.25, -0.2) is 0 Å². The van der Waals surface area contributed by atoms with Crippen LogP contribution in [0, 0.1) is 0 Å². The van der Waals surface area contributed by atoms with E-state index in [-0.39, 0.29) is 30.6 Å². The Morgan fingerprint density at radius 2 is 1.82 bits per heavy atom. The monoisotopic (exact) mass is 478 g/mol. The number of aromatic nitrogens is 1. The Balaban J connectivity index is 2.03. The minimum atomic E-state index is -0.590. The van der Waals surface area contributed by atoms with Crippen molar-refractivity contribution in [3.63, 3.8) is 0 Å². The van der Waals surface area contributed by atoms with Crippen LogP contribution in [0.5, 0.6) is 5.75 Å². The third kappa shape index (κ3) is 4.64. The molecule has 6 nitrogen and oxygen atoms in total. The Hall–Kier alpha value is -3.38. The average Bonchev–Trinajstić information content (AvgIpc) is 2.93. The van der Waals surface area contributed by atoms with Gasteiger partial charge in [-0.1, -0.05) is 23.7 Å². The first-order valence-corrected chi connectivity index (χ1v) is 11.6. The topological polar surface area (TPSA) is 69.9 Å². The molecule has 1 aromatic heterocycles. The average molecular weight is 479 g/mol. The van der Waals surface area contributed by atoms with Crippen molar-refractivity contribution in [1.29, 1.82) is 0 Å². The van der Waals surface area contributed by atoms with Crippen molar-refractivity contribution in [2.24, 2.45) is 4.99 Å². The summed E-state index contributed by atoms with van der Waals surface area (Å²) in [7, 11) is 1.62. The predicted octanol–water partition coefficient (Wildman–Crippen LogP) is 5.60. The maximum atomic E-state index is 13.0. The van der Waals surface area contributed by atoms with Crippen molar-refractivity contribution >= 4 is 23.3 Å². The number of ether oxygens (including phenoxy) is 2. The highest BCUT2D eigenvalue weighted by molar-refractivity contribution is 6.30. The normalized spacial score (nSPS) is 14.6. The molecule has 2 heterocycles. The molecule has 0 aliphatic carbocycles. The number of hydrogen-bond acceptors (Lipinski definition) is 5. The molecule has 1 atom stereocenters. The van der Waals surface area contributed by atoms with Crippen LogP contribution in [0.1, 0.15) is 56.0 Å². The van der Waals surface area contributed by atoms with Gasteiger partial charge in [0.05, 0.1) is 31.9 Å². The molecule has 0 saturated heterocycles. The third-order valence-electron chi connectivity index (χ3n) is 5.87. The Morgan fingerprint density at radius 1 is 1.09 bits per heavy atom. The largest absolute Gasteiger partial charge is 0.497 e. The molecule has 34 heavy (non-hydrogen) atoms. The van der Waals surface area contributed by atoms with Gasteiger partial charge in [0.1, 0.15) is 5.75 Å². The van der Waals surface area contributed by atoms with E-state index >= 15 is 0 Å². The molecule has 0 amide bonds. The quantitative estimate of drug-likeness (QED) is 0.432. The van der Waals surface area contributed by atoms with Gasteiger partial charge in [-0.2, -0.15) is 0 Å². The molecule has 1 unspecified atom stereocenters. The van der Waals surface area contributed by atoms with Crippen molar-refractivity contribution in [2.75, 3.05) is 13.7 Å². The summed E-state index contributed by atoms with van der Waals surface area (Å²) in [6.07, 6.45) is 1.89. The van der Waals surface area contributed by atoms with Gasteiger partial charge >= 0.3 is 5.97 Å². The van der Waals surface area contributed by atoms with Gasteiger partial charge in [0, 0.05) is 40.0 Å². The Morgan fingerprint density at radius 3 is 2.47 bits per heavy atom. The molecule has 2 aromatic carbocycles. The van der Waals surface area contributed by atoms with E-state index in [4.69, 9.17) is 26.1 Å². The summed E-state index contributed by atoms with van der Waals surface area (Å²) in [5, 5.41) is 0.615. The molecule has 0 bridgehead atoms. The summed E-state index contributed by atoms with van der Waals surface area (Å²) in [6.45, 7) is 5.97. The number of pyridine rings is 1. The van der Waals surface area contributed by atoms with Gasteiger partial charge in [-0.15, -0.1) is 0 Å². The number of rotatable bonds is 6. The number of esters is 1. The fourth-order valence-corrected chi connectivity index (χ4v) is 4.34. The molecule has 4 rings (SSSR count). The number of carbonyl (C=O) groups is 1. The zero-order valence-corrected chi connectivity index (χ0v) is 20.4. The van der Waals surface area contributed by atoms with Crippen LogP contribution >= 0.6 is 11.6 Å². The van der Waals surface area contributed by atoms with E-state index < -0.39 is 6.04 Å². The van der Waals surface area contributed by atoms with Crippen LogP contribution in [-0.4, -0.2) is 30.0 Å². The zero-order valence-electron chi connectivity index (χ0n) is 19.7. The summed E-state index contributed by atoms with van der Waals surface area (Å²) in [5.74, 6) is 0.317.